The smallest absolute Gasteiger partial charge is 0.359 e. The lowest BCUT2D eigenvalue weighted by molar-refractivity contribution is -0.384. The van der Waals surface area contributed by atoms with Gasteiger partial charge in [0.15, 0.2) is 5.69 Å². The summed E-state index contributed by atoms with van der Waals surface area (Å²) in [4.78, 5) is 43.7. The SMILES string of the molecule is Cc1cnc(C(=O)O[C@H](C(=O)Nc2ccc([N+](=O)[O-])cc2Br)c2ccccc2)cn1. The minimum atomic E-state index is -1.27. The molecule has 1 heterocycles. The average Bonchev–Trinajstić information content (AvgIpc) is 2.74. The van der Waals surface area contributed by atoms with Crippen LogP contribution in [0.5, 0.6) is 0 Å². The number of non-ortho nitro benzene ring substituents is 1. The molecule has 3 aromatic rings. The number of nitro benzene ring substituents is 1. The highest BCUT2D eigenvalue weighted by Crippen LogP contribution is 2.29. The van der Waals surface area contributed by atoms with Gasteiger partial charge >= 0.3 is 5.97 Å². The normalized spacial score (nSPS) is 11.4. The van der Waals surface area contributed by atoms with Crippen LogP contribution in [0.2, 0.25) is 0 Å². The van der Waals surface area contributed by atoms with Gasteiger partial charge in [-0.05, 0) is 28.9 Å². The Hall–Kier alpha value is -3.66. The Kier molecular flexibility index (Phi) is 6.48. The van der Waals surface area contributed by atoms with E-state index in [0.717, 1.165) is 0 Å². The molecule has 0 bridgehead atoms. The van der Waals surface area contributed by atoms with Gasteiger partial charge in [0.2, 0.25) is 6.10 Å². The van der Waals surface area contributed by atoms with Gasteiger partial charge in [0.1, 0.15) is 0 Å². The molecular weight excluding hydrogens is 456 g/mol. The Bertz CT molecular complexity index is 1090. The molecule has 1 amide bonds. The topological polar surface area (TPSA) is 124 Å². The molecule has 0 unspecified atom stereocenters. The van der Waals surface area contributed by atoms with Gasteiger partial charge in [0.05, 0.1) is 22.5 Å². The number of nitrogens with zero attached hydrogens (tertiary/aromatic N) is 3. The largest absolute Gasteiger partial charge is 0.443 e. The van der Waals surface area contributed by atoms with Crippen LogP contribution in [0.1, 0.15) is 27.8 Å². The maximum absolute atomic E-state index is 12.9. The van der Waals surface area contributed by atoms with Gasteiger partial charge in [-0.2, -0.15) is 0 Å². The van der Waals surface area contributed by atoms with Gasteiger partial charge in [-0.1, -0.05) is 30.3 Å². The van der Waals surface area contributed by atoms with Crippen molar-refractivity contribution in [3.63, 3.8) is 0 Å². The minimum absolute atomic E-state index is 0.0363. The highest BCUT2D eigenvalue weighted by molar-refractivity contribution is 9.10. The molecule has 3 rings (SSSR count). The highest BCUT2D eigenvalue weighted by atomic mass is 79.9. The lowest BCUT2D eigenvalue weighted by Gasteiger charge is -2.18. The fourth-order valence-corrected chi connectivity index (χ4v) is 2.95. The van der Waals surface area contributed by atoms with Crippen molar-refractivity contribution in [2.75, 3.05) is 5.32 Å². The number of nitro groups is 1. The number of hydrogen-bond acceptors (Lipinski definition) is 7. The van der Waals surface area contributed by atoms with Crippen molar-refractivity contribution >= 4 is 39.2 Å². The van der Waals surface area contributed by atoms with Gasteiger partial charge in [0, 0.05) is 28.4 Å². The first-order chi connectivity index (χ1) is 14.3. The zero-order valence-corrected chi connectivity index (χ0v) is 17.2. The number of aromatic nitrogens is 2. The fraction of sp³-hybridized carbons (Fsp3) is 0.100. The van der Waals surface area contributed by atoms with Crippen LogP contribution >= 0.6 is 15.9 Å². The number of carbonyl (C=O) groups excluding carboxylic acids is 2. The van der Waals surface area contributed by atoms with Crippen LogP contribution in [-0.4, -0.2) is 26.8 Å². The van der Waals surface area contributed by atoms with Crippen LogP contribution in [0, 0.1) is 17.0 Å². The van der Waals surface area contributed by atoms with E-state index in [1.54, 1.807) is 37.3 Å². The van der Waals surface area contributed by atoms with Gasteiger partial charge < -0.3 is 10.1 Å². The van der Waals surface area contributed by atoms with E-state index in [1.807, 2.05) is 0 Å². The summed E-state index contributed by atoms with van der Waals surface area (Å²) >= 11 is 3.20. The van der Waals surface area contributed by atoms with E-state index in [-0.39, 0.29) is 17.1 Å². The molecule has 0 radical (unpaired) electrons. The standard InChI is InChI=1S/C20H15BrN4O5/c1-12-10-23-17(11-22-12)20(27)30-18(13-5-3-2-4-6-13)19(26)24-16-8-7-14(25(28)29)9-15(16)21/h2-11,18H,1H3,(H,24,26)/t18-/m0/s1. The van der Waals surface area contributed by atoms with Gasteiger partial charge in [-0.25, -0.2) is 9.78 Å². The Labute approximate surface area is 179 Å². The Balaban J connectivity index is 1.85. The Morgan fingerprint density at radius 1 is 1.13 bits per heavy atom. The first kappa shape index (κ1) is 21.1. The first-order valence-electron chi connectivity index (χ1n) is 8.64. The van der Waals surface area contributed by atoms with Crippen LogP contribution in [0.4, 0.5) is 11.4 Å². The van der Waals surface area contributed by atoms with Crippen molar-refractivity contribution in [3.05, 3.63) is 92.5 Å². The minimum Gasteiger partial charge on any atom is -0.443 e. The third kappa shape index (κ3) is 5.03. The molecule has 0 saturated heterocycles. The second-order valence-electron chi connectivity index (χ2n) is 6.15. The number of nitrogens with one attached hydrogen (secondary N) is 1. The number of rotatable bonds is 6. The van der Waals surface area contributed by atoms with Crippen LogP contribution in [0.25, 0.3) is 0 Å². The molecular formula is C20H15BrN4O5. The predicted molar refractivity (Wildman–Crippen MR) is 111 cm³/mol. The summed E-state index contributed by atoms with van der Waals surface area (Å²) in [6.07, 6.45) is 1.41. The van der Waals surface area contributed by atoms with Crippen LogP contribution in [0.15, 0.2) is 65.4 Å². The molecule has 0 fully saturated rings. The first-order valence-corrected chi connectivity index (χ1v) is 9.44. The third-order valence-corrected chi connectivity index (χ3v) is 4.63. The quantitative estimate of drug-likeness (QED) is 0.327. The molecule has 2 aromatic carbocycles. The zero-order chi connectivity index (χ0) is 21.7. The van der Waals surface area contributed by atoms with Gasteiger partial charge in [0.25, 0.3) is 11.6 Å². The molecule has 1 N–H and O–H groups in total. The van der Waals surface area contributed by atoms with E-state index in [2.05, 4.69) is 31.2 Å². The molecule has 30 heavy (non-hydrogen) atoms. The van der Waals surface area contributed by atoms with Crippen molar-refractivity contribution in [2.24, 2.45) is 0 Å². The van der Waals surface area contributed by atoms with Crippen molar-refractivity contribution in [1.29, 1.82) is 0 Å². The molecule has 0 aliphatic rings. The number of hydrogen-bond donors (Lipinski definition) is 1. The predicted octanol–water partition coefficient (Wildman–Crippen LogP) is 3.99. The average molecular weight is 471 g/mol. The number of ether oxygens (including phenoxy) is 1. The second kappa shape index (κ2) is 9.23. The second-order valence-corrected chi connectivity index (χ2v) is 7.00. The Morgan fingerprint density at radius 3 is 2.47 bits per heavy atom. The van der Waals surface area contributed by atoms with E-state index in [0.29, 0.717) is 15.7 Å². The van der Waals surface area contributed by atoms with Crippen molar-refractivity contribution in [3.8, 4) is 0 Å². The molecule has 0 aliphatic carbocycles. The van der Waals surface area contributed by atoms with Crippen LogP contribution in [-0.2, 0) is 9.53 Å². The lowest BCUT2D eigenvalue weighted by Crippen LogP contribution is -2.26. The molecule has 0 spiro atoms. The van der Waals surface area contributed by atoms with E-state index in [1.165, 1.54) is 30.6 Å². The fourth-order valence-electron chi connectivity index (χ4n) is 2.48. The monoisotopic (exact) mass is 470 g/mol. The summed E-state index contributed by atoms with van der Waals surface area (Å²) in [7, 11) is 0. The molecule has 1 aromatic heterocycles. The summed E-state index contributed by atoms with van der Waals surface area (Å²) in [5.74, 6) is -1.45. The number of carbonyl (C=O) groups is 2. The number of halogens is 1. The summed E-state index contributed by atoms with van der Waals surface area (Å²) in [5, 5.41) is 13.5. The summed E-state index contributed by atoms with van der Waals surface area (Å²) < 4.78 is 5.73. The zero-order valence-electron chi connectivity index (χ0n) is 15.6. The number of aryl methyl sites for hydroxylation is 1. The van der Waals surface area contributed by atoms with Crippen molar-refractivity contribution < 1.29 is 19.2 Å². The van der Waals surface area contributed by atoms with E-state index in [9.17, 15) is 19.7 Å². The lowest BCUT2D eigenvalue weighted by atomic mass is 10.1. The maximum Gasteiger partial charge on any atom is 0.359 e. The number of anilines is 1. The molecule has 0 saturated carbocycles. The highest BCUT2D eigenvalue weighted by Gasteiger charge is 2.27. The maximum atomic E-state index is 12.9. The van der Waals surface area contributed by atoms with Crippen molar-refractivity contribution in [1.82, 2.24) is 9.97 Å². The van der Waals surface area contributed by atoms with Crippen LogP contribution < -0.4 is 5.32 Å². The molecule has 1 atom stereocenters. The Morgan fingerprint density at radius 2 is 1.87 bits per heavy atom. The number of esters is 1. The van der Waals surface area contributed by atoms with Gasteiger partial charge in [-0.15, -0.1) is 0 Å². The van der Waals surface area contributed by atoms with E-state index < -0.39 is 22.9 Å². The molecule has 0 aliphatic heterocycles. The molecule has 152 valence electrons. The number of amides is 1. The molecule has 10 heteroatoms. The molecule has 9 nitrogen and oxygen atoms in total. The van der Waals surface area contributed by atoms with Crippen molar-refractivity contribution in [2.45, 2.75) is 13.0 Å². The summed E-state index contributed by atoms with van der Waals surface area (Å²) in [6.45, 7) is 1.73. The summed E-state index contributed by atoms with van der Waals surface area (Å²) in [6, 6.07) is 12.4. The van der Waals surface area contributed by atoms with E-state index in [4.69, 9.17) is 4.74 Å². The summed E-state index contributed by atoms with van der Waals surface area (Å²) in [5.41, 5.74) is 1.20. The van der Waals surface area contributed by atoms with E-state index >= 15 is 0 Å². The van der Waals surface area contributed by atoms with Gasteiger partial charge in [-0.3, -0.25) is 19.9 Å². The van der Waals surface area contributed by atoms with Crippen LogP contribution in [0.3, 0.4) is 0 Å². The number of benzene rings is 2. The third-order valence-electron chi connectivity index (χ3n) is 3.98.